The standard InChI is InChI=1S/C19H24N4O.HI/c1-2-23-12-6-9-15(18(23)24)13-21-19(20)22-17-11-5-8-14-7-3-4-10-16(14)17;/h5-6,8-9,11-12H,2-4,7,10,13H2,1H3,(H3,20,21,22);1H. The molecule has 134 valence electrons. The third-order valence-corrected chi connectivity index (χ3v) is 4.52. The van der Waals surface area contributed by atoms with Crippen molar-refractivity contribution in [2.45, 2.75) is 45.7 Å². The van der Waals surface area contributed by atoms with E-state index in [1.54, 1.807) is 16.8 Å². The molecule has 5 nitrogen and oxygen atoms in total. The average Bonchev–Trinajstić information content (AvgIpc) is 2.61. The Hall–Kier alpha value is -1.83. The molecule has 0 bridgehead atoms. The molecule has 1 aliphatic carbocycles. The molecule has 0 atom stereocenters. The van der Waals surface area contributed by atoms with Gasteiger partial charge in [-0.05, 0) is 55.9 Å². The molecule has 0 saturated heterocycles. The van der Waals surface area contributed by atoms with Gasteiger partial charge in [-0.3, -0.25) is 4.79 Å². The molecular weight excluding hydrogens is 427 g/mol. The quantitative estimate of drug-likeness (QED) is 0.425. The van der Waals surface area contributed by atoms with Gasteiger partial charge >= 0.3 is 0 Å². The molecule has 2 aromatic rings. The molecule has 1 aromatic carbocycles. The summed E-state index contributed by atoms with van der Waals surface area (Å²) in [5, 5.41) is 3.21. The van der Waals surface area contributed by atoms with Gasteiger partial charge < -0.3 is 15.6 Å². The first-order valence-electron chi connectivity index (χ1n) is 8.55. The zero-order valence-corrected chi connectivity index (χ0v) is 16.8. The van der Waals surface area contributed by atoms with Crippen LogP contribution in [0, 0.1) is 0 Å². The third-order valence-electron chi connectivity index (χ3n) is 4.52. The van der Waals surface area contributed by atoms with Crippen LogP contribution in [0.2, 0.25) is 0 Å². The number of nitrogens with zero attached hydrogens (tertiary/aromatic N) is 2. The van der Waals surface area contributed by atoms with Crippen LogP contribution in [0.5, 0.6) is 0 Å². The predicted octanol–water partition coefficient (Wildman–Crippen LogP) is 3.29. The number of pyridine rings is 1. The van der Waals surface area contributed by atoms with Crippen molar-refractivity contribution in [3.05, 3.63) is 63.6 Å². The molecule has 6 heteroatoms. The Morgan fingerprint density at radius 1 is 1.24 bits per heavy atom. The number of nitrogens with one attached hydrogen (secondary N) is 1. The van der Waals surface area contributed by atoms with E-state index in [0.717, 1.165) is 18.5 Å². The first-order valence-corrected chi connectivity index (χ1v) is 8.55. The molecule has 0 radical (unpaired) electrons. The van der Waals surface area contributed by atoms with Gasteiger partial charge in [0.2, 0.25) is 0 Å². The molecule has 0 spiro atoms. The summed E-state index contributed by atoms with van der Waals surface area (Å²) in [4.78, 5) is 16.5. The average molecular weight is 452 g/mol. The molecule has 1 aliphatic rings. The van der Waals surface area contributed by atoms with Crippen LogP contribution >= 0.6 is 24.0 Å². The van der Waals surface area contributed by atoms with Crippen molar-refractivity contribution in [2.24, 2.45) is 10.7 Å². The van der Waals surface area contributed by atoms with E-state index in [-0.39, 0.29) is 36.1 Å². The summed E-state index contributed by atoms with van der Waals surface area (Å²) in [7, 11) is 0. The maximum absolute atomic E-state index is 12.2. The fourth-order valence-corrected chi connectivity index (χ4v) is 3.20. The van der Waals surface area contributed by atoms with Gasteiger partial charge in [0.15, 0.2) is 5.96 Å². The fraction of sp³-hybridized carbons (Fsp3) is 0.368. The van der Waals surface area contributed by atoms with Crippen LogP contribution in [-0.4, -0.2) is 10.5 Å². The highest BCUT2D eigenvalue weighted by molar-refractivity contribution is 14.0. The van der Waals surface area contributed by atoms with Gasteiger partial charge in [-0.25, -0.2) is 4.99 Å². The van der Waals surface area contributed by atoms with Crippen molar-refractivity contribution < 1.29 is 0 Å². The van der Waals surface area contributed by atoms with E-state index in [9.17, 15) is 4.79 Å². The lowest BCUT2D eigenvalue weighted by Gasteiger charge is -2.19. The molecule has 1 aromatic heterocycles. The number of rotatable bonds is 4. The van der Waals surface area contributed by atoms with Crippen LogP contribution in [0.4, 0.5) is 5.69 Å². The fourth-order valence-electron chi connectivity index (χ4n) is 3.20. The van der Waals surface area contributed by atoms with Crippen LogP contribution in [-0.2, 0) is 25.9 Å². The Morgan fingerprint density at radius 2 is 2.04 bits per heavy atom. The van der Waals surface area contributed by atoms with Gasteiger partial charge in [0.05, 0.1) is 6.54 Å². The van der Waals surface area contributed by atoms with Crippen molar-refractivity contribution in [1.82, 2.24) is 4.57 Å². The topological polar surface area (TPSA) is 72.4 Å². The highest BCUT2D eigenvalue weighted by Crippen LogP contribution is 2.27. The number of benzene rings is 1. The third kappa shape index (κ3) is 4.62. The lowest BCUT2D eigenvalue weighted by molar-refractivity contribution is 0.687. The van der Waals surface area contributed by atoms with Gasteiger partial charge in [-0.15, -0.1) is 24.0 Å². The van der Waals surface area contributed by atoms with E-state index >= 15 is 0 Å². The van der Waals surface area contributed by atoms with Crippen molar-refractivity contribution in [2.75, 3.05) is 5.32 Å². The van der Waals surface area contributed by atoms with Crippen molar-refractivity contribution in [3.63, 3.8) is 0 Å². The smallest absolute Gasteiger partial charge is 0.255 e. The van der Waals surface area contributed by atoms with E-state index in [1.165, 1.54) is 24.0 Å². The van der Waals surface area contributed by atoms with E-state index < -0.39 is 0 Å². The summed E-state index contributed by atoms with van der Waals surface area (Å²) >= 11 is 0. The molecule has 0 aliphatic heterocycles. The van der Waals surface area contributed by atoms with E-state index in [1.807, 2.05) is 19.1 Å². The number of aromatic nitrogens is 1. The lowest BCUT2D eigenvalue weighted by Crippen LogP contribution is -2.26. The van der Waals surface area contributed by atoms with Crippen molar-refractivity contribution in [1.29, 1.82) is 0 Å². The molecular formula is C19H25IN4O. The van der Waals surface area contributed by atoms with Gasteiger partial charge in [0, 0.05) is 24.0 Å². The summed E-state index contributed by atoms with van der Waals surface area (Å²) < 4.78 is 1.67. The number of aryl methyl sites for hydroxylation is 2. The molecule has 25 heavy (non-hydrogen) atoms. The Kier molecular flexibility index (Phi) is 7.04. The SMILES string of the molecule is CCn1cccc(CN=C(N)Nc2cccc3c2CCCC3)c1=O.I. The second kappa shape index (κ2) is 9.03. The minimum atomic E-state index is -0.00589. The number of nitrogens with two attached hydrogens (primary N) is 1. The van der Waals surface area contributed by atoms with E-state index in [0.29, 0.717) is 18.1 Å². The lowest BCUT2D eigenvalue weighted by atomic mass is 9.90. The number of anilines is 1. The number of hydrogen-bond acceptors (Lipinski definition) is 2. The van der Waals surface area contributed by atoms with Crippen LogP contribution in [0.3, 0.4) is 0 Å². The highest BCUT2D eigenvalue weighted by Gasteiger charge is 2.13. The second-order valence-corrected chi connectivity index (χ2v) is 6.10. The number of guanidine groups is 1. The second-order valence-electron chi connectivity index (χ2n) is 6.10. The number of aliphatic imine (C=N–C) groups is 1. The highest BCUT2D eigenvalue weighted by atomic mass is 127. The number of hydrogen-bond donors (Lipinski definition) is 2. The Bertz CT molecular complexity index is 813. The molecule has 3 rings (SSSR count). The molecule has 3 N–H and O–H groups in total. The van der Waals surface area contributed by atoms with Crippen LogP contribution in [0.15, 0.2) is 46.3 Å². The number of fused-ring (bicyclic) bond motifs is 1. The minimum Gasteiger partial charge on any atom is -0.370 e. The predicted molar refractivity (Wildman–Crippen MR) is 114 cm³/mol. The Balaban J connectivity index is 0.00000225. The number of halogens is 1. The maximum atomic E-state index is 12.2. The van der Waals surface area contributed by atoms with Crippen LogP contribution in [0.25, 0.3) is 0 Å². The van der Waals surface area contributed by atoms with E-state index in [4.69, 9.17) is 5.73 Å². The zero-order valence-electron chi connectivity index (χ0n) is 14.5. The molecule has 1 heterocycles. The first-order chi connectivity index (χ1) is 11.7. The van der Waals surface area contributed by atoms with Crippen LogP contribution < -0.4 is 16.6 Å². The molecule has 0 saturated carbocycles. The summed E-state index contributed by atoms with van der Waals surface area (Å²) in [6.45, 7) is 2.89. The monoisotopic (exact) mass is 452 g/mol. The van der Waals surface area contributed by atoms with Gasteiger partial charge in [-0.1, -0.05) is 18.2 Å². The van der Waals surface area contributed by atoms with Gasteiger partial charge in [0.25, 0.3) is 5.56 Å². The van der Waals surface area contributed by atoms with E-state index in [2.05, 4.69) is 22.4 Å². The van der Waals surface area contributed by atoms with Gasteiger partial charge in [0.1, 0.15) is 0 Å². The van der Waals surface area contributed by atoms with Crippen LogP contribution in [0.1, 0.15) is 36.5 Å². The first kappa shape index (κ1) is 19.5. The summed E-state index contributed by atoms with van der Waals surface area (Å²) in [6, 6.07) is 9.95. The summed E-state index contributed by atoms with van der Waals surface area (Å²) in [5.41, 5.74) is 10.5. The minimum absolute atomic E-state index is 0. The zero-order chi connectivity index (χ0) is 16.9. The van der Waals surface area contributed by atoms with Crippen molar-refractivity contribution in [3.8, 4) is 0 Å². The molecule has 0 fully saturated rings. The normalized spacial score (nSPS) is 13.7. The largest absolute Gasteiger partial charge is 0.370 e. The Labute approximate surface area is 165 Å². The summed E-state index contributed by atoms with van der Waals surface area (Å²) in [6.07, 6.45) is 6.45. The van der Waals surface area contributed by atoms with Crippen molar-refractivity contribution >= 4 is 35.6 Å². The molecule has 0 amide bonds. The maximum Gasteiger partial charge on any atom is 0.255 e. The molecule has 0 unspecified atom stereocenters. The summed E-state index contributed by atoms with van der Waals surface area (Å²) in [5.74, 6) is 0.347. The Morgan fingerprint density at radius 3 is 2.84 bits per heavy atom. The van der Waals surface area contributed by atoms with Gasteiger partial charge in [-0.2, -0.15) is 0 Å².